The highest BCUT2D eigenvalue weighted by atomic mass is 32.1. The van der Waals surface area contributed by atoms with E-state index in [4.69, 9.17) is 4.98 Å². The van der Waals surface area contributed by atoms with Crippen LogP contribution in [0.15, 0.2) is 0 Å². The molecule has 2 unspecified atom stereocenters. The number of aromatic nitrogens is 1. The maximum absolute atomic E-state index is 4.71. The fourth-order valence-electron chi connectivity index (χ4n) is 2.88. The van der Waals surface area contributed by atoms with Crippen LogP contribution in [0, 0.1) is 19.8 Å². The van der Waals surface area contributed by atoms with Crippen molar-refractivity contribution in [2.75, 3.05) is 24.5 Å². The average Bonchev–Trinajstić information content (AvgIpc) is 2.85. The van der Waals surface area contributed by atoms with Gasteiger partial charge in [0.25, 0.3) is 0 Å². The van der Waals surface area contributed by atoms with Crippen LogP contribution in [0.4, 0.5) is 5.13 Å². The van der Waals surface area contributed by atoms with Gasteiger partial charge in [0.1, 0.15) is 0 Å². The average molecular weight is 237 g/mol. The molecule has 0 aromatic carbocycles. The normalized spacial score (nSPS) is 29.5. The number of hydrogen-bond donors (Lipinski definition) is 1. The first-order valence-corrected chi connectivity index (χ1v) is 6.99. The maximum Gasteiger partial charge on any atom is 0.186 e. The summed E-state index contributed by atoms with van der Waals surface area (Å²) in [5.41, 5.74) is 1.20. The van der Waals surface area contributed by atoms with Crippen LogP contribution in [0.5, 0.6) is 0 Å². The van der Waals surface area contributed by atoms with Crippen molar-refractivity contribution in [1.29, 1.82) is 0 Å². The third-order valence-corrected chi connectivity index (χ3v) is 5.05. The molecule has 3 heterocycles. The second kappa shape index (κ2) is 4.00. The molecule has 0 radical (unpaired) electrons. The van der Waals surface area contributed by atoms with Crippen LogP contribution < -0.4 is 10.2 Å². The fraction of sp³-hybridized carbons (Fsp3) is 0.750. The number of piperidine rings is 1. The van der Waals surface area contributed by atoms with Crippen LogP contribution in [-0.4, -0.2) is 30.7 Å². The molecule has 3 rings (SSSR count). The molecule has 88 valence electrons. The molecule has 0 bridgehead atoms. The van der Waals surface area contributed by atoms with E-state index >= 15 is 0 Å². The van der Waals surface area contributed by atoms with E-state index in [1.165, 1.54) is 41.6 Å². The number of hydrogen-bond acceptors (Lipinski definition) is 4. The SMILES string of the molecule is Cc1nc(N2CCCC3CNCC32)sc1C. The fourth-order valence-corrected chi connectivity index (χ4v) is 3.88. The zero-order chi connectivity index (χ0) is 11.1. The molecule has 2 atom stereocenters. The maximum atomic E-state index is 4.71. The summed E-state index contributed by atoms with van der Waals surface area (Å²) in [6, 6.07) is 0.693. The molecule has 2 aliphatic heterocycles. The third-order valence-electron chi connectivity index (χ3n) is 3.94. The molecule has 4 heteroatoms. The first-order chi connectivity index (χ1) is 7.75. The molecule has 1 N–H and O–H groups in total. The number of anilines is 1. The highest BCUT2D eigenvalue weighted by molar-refractivity contribution is 7.15. The zero-order valence-corrected chi connectivity index (χ0v) is 10.8. The summed E-state index contributed by atoms with van der Waals surface area (Å²) in [5.74, 6) is 0.846. The van der Waals surface area contributed by atoms with E-state index in [1.807, 2.05) is 11.3 Å². The Bertz CT molecular complexity index is 368. The Morgan fingerprint density at radius 1 is 1.38 bits per heavy atom. The predicted octanol–water partition coefficient (Wildman–Crippen LogP) is 1.95. The first-order valence-electron chi connectivity index (χ1n) is 6.17. The molecular weight excluding hydrogens is 218 g/mol. The summed E-state index contributed by atoms with van der Waals surface area (Å²) in [4.78, 5) is 8.62. The number of aryl methyl sites for hydroxylation is 2. The Hall–Kier alpha value is -0.610. The lowest BCUT2D eigenvalue weighted by atomic mass is 9.92. The second-order valence-corrected chi connectivity index (χ2v) is 6.14. The molecule has 16 heavy (non-hydrogen) atoms. The Labute approximate surface area is 101 Å². The summed E-state index contributed by atoms with van der Waals surface area (Å²) >= 11 is 1.86. The second-order valence-electron chi connectivity index (χ2n) is 4.96. The van der Waals surface area contributed by atoms with E-state index in [-0.39, 0.29) is 0 Å². The zero-order valence-electron chi connectivity index (χ0n) is 9.99. The van der Waals surface area contributed by atoms with Crippen molar-refractivity contribution in [3.8, 4) is 0 Å². The predicted molar refractivity (Wildman–Crippen MR) is 68.3 cm³/mol. The van der Waals surface area contributed by atoms with Gasteiger partial charge in [0, 0.05) is 30.6 Å². The van der Waals surface area contributed by atoms with Crippen LogP contribution >= 0.6 is 11.3 Å². The van der Waals surface area contributed by atoms with Gasteiger partial charge in [0.2, 0.25) is 0 Å². The van der Waals surface area contributed by atoms with Crippen LogP contribution in [0.25, 0.3) is 0 Å². The van der Waals surface area contributed by atoms with E-state index in [0.29, 0.717) is 6.04 Å². The Balaban J connectivity index is 1.87. The Kier molecular flexibility index (Phi) is 2.64. The van der Waals surface area contributed by atoms with Crippen molar-refractivity contribution in [2.24, 2.45) is 5.92 Å². The van der Waals surface area contributed by atoms with Gasteiger partial charge < -0.3 is 10.2 Å². The van der Waals surface area contributed by atoms with Crippen molar-refractivity contribution in [3.63, 3.8) is 0 Å². The third kappa shape index (κ3) is 1.64. The molecule has 2 aliphatic rings. The van der Waals surface area contributed by atoms with E-state index in [0.717, 1.165) is 12.5 Å². The summed E-state index contributed by atoms with van der Waals surface area (Å²) in [6.45, 7) is 7.82. The molecule has 1 aromatic heterocycles. The number of nitrogens with one attached hydrogen (secondary N) is 1. The summed E-state index contributed by atoms with van der Waals surface area (Å²) < 4.78 is 0. The lowest BCUT2D eigenvalue weighted by Gasteiger charge is -2.36. The van der Waals surface area contributed by atoms with Gasteiger partial charge in [-0.3, -0.25) is 0 Å². The molecule has 0 saturated carbocycles. The van der Waals surface area contributed by atoms with Gasteiger partial charge in [-0.15, -0.1) is 11.3 Å². The molecule has 3 nitrogen and oxygen atoms in total. The van der Waals surface area contributed by atoms with Gasteiger partial charge in [0.05, 0.1) is 5.69 Å². The van der Waals surface area contributed by atoms with Gasteiger partial charge in [-0.25, -0.2) is 4.98 Å². The van der Waals surface area contributed by atoms with Gasteiger partial charge in [0.15, 0.2) is 5.13 Å². The Morgan fingerprint density at radius 3 is 3.00 bits per heavy atom. The minimum absolute atomic E-state index is 0.693. The van der Waals surface area contributed by atoms with E-state index in [9.17, 15) is 0 Å². The van der Waals surface area contributed by atoms with Crippen molar-refractivity contribution in [2.45, 2.75) is 32.7 Å². The number of rotatable bonds is 1. The van der Waals surface area contributed by atoms with Crippen LogP contribution in [0.3, 0.4) is 0 Å². The largest absolute Gasteiger partial charge is 0.343 e. The lowest BCUT2D eigenvalue weighted by molar-refractivity contribution is 0.385. The van der Waals surface area contributed by atoms with Crippen LogP contribution in [0.2, 0.25) is 0 Å². The molecular formula is C12H19N3S. The summed E-state index contributed by atoms with van der Waals surface area (Å²) in [7, 11) is 0. The molecule has 2 fully saturated rings. The van der Waals surface area contributed by atoms with Crippen LogP contribution in [-0.2, 0) is 0 Å². The molecule has 2 saturated heterocycles. The van der Waals surface area contributed by atoms with Gasteiger partial charge in [-0.2, -0.15) is 0 Å². The van der Waals surface area contributed by atoms with Gasteiger partial charge in [-0.05, 0) is 32.6 Å². The summed E-state index contributed by atoms with van der Waals surface area (Å²) in [6.07, 6.45) is 2.71. The summed E-state index contributed by atoms with van der Waals surface area (Å²) in [5, 5.41) is 4.76. The molecule has 1 aromatic rings. The van der Waals surface area contributed by atoms with E-state index in [2.05, 4.69) is 24.1 Å². The molecule has 0 spiro atoms. The van der Waals surface area contributed by atoms with Crippen molar-refractivity contribution in [3.05, 3.63) is 10.6 Å². The minimum atomic E-state index is 0.693. The monoisotopic (exact) mass is 237 g/mol. The smallest absolute Gasteiger partial charge is 0.186 e. The van der Waals surface area contributed by atoms with Gasteiger partial charge >= 0.3 is 0 Å². The van der Waals surface area contributed by atoms with Crippen LogP contribution in [0.1, 0.15) is 23.4 Å². The topological polar surface area (TPSA) is 28.2 Å². The molecule has 0 amide bonds. The lowest BCUT2D eigenvalue weighted by Crippen LogP contribution is -2.45. The molecule has 0 aliphatic carbocycles. The minimum Gasteiger partial charge on any atom is -0.343 e. The van der Waals surface area contributed by atoms with Gasteiger partial charge in [-0.1, -0.05) is 0 Å². The van der Waals surface area contributed by atoms with Crippen molar-refractivity contribution >= 4 is 16.5 Å². The van der Waals surface area contributed by atoms with Crippen molar-refractivity contribution < 1.29 is 0 Å². The van der Waals surface area contributed by atoms with E-state index in [1.54, 1.807) is 0 Å². The highest BCUT2D eigenvalue weighted by Crippen LogP contribution is 2.34. The first kappa shape index (κ1) is 10.5. The quantitative estimate of drug-likeness (QED) is 0.809. The highest BCUT2D eigenvalue weighted by Gasteiger charge is 2.36. The van der Waals surface area contributed by atoms with Crippen molar-refractivity contribution in [1.82, 2.24) is 10.3 Å². The number of nitrogens with zero attached hydrogens (tertiary/aromatic N) is 2. The number of thiazole rings is 1. The Morgan fingerprint density at radius 2 is 2.25 bits per heavy atom. The van der Waals surface area contributed by atoms with E-state index < -0.39 is 0 Å². The standard InChI is InChI=1S/C12H19N3S/c1-8-9(2)16-12(14-8)15-5-3-4-10-6-13-7-11(10)15/h10-11,13H,3-7H2,1-2H3. The number of fused-ring (bicyclic) bond motifs is 1.